The number of hydrogen-bond donors (Lipinski definition) is 2. The number of carbonyl (C=O) groups excluding carboxylic acids is 5. The number of carbonyl (C=O) groups is 5. The molecular formula is C68H100FNO15. The number of ether oxygens (including phenoxy) is 8. The molecule has 2 aromatic carbocycles. The van der Waals surface area contributed by atoms with E-state index in [-0.39, 0.29) is 60.7 Å². The average Bonchev–Trinajstić information content (AvgIpc) is 1.84. The molecule has 1 saturated carbocycles. The van der Waals surface area contributed by atoms with E-state index in [2.05, 4.69) is 0 Å². The molecule has 3 aliphatic heterocycles. The van der Waals surface area contributed by atoms with Crippen LogP contribution in [0, 0.1) is 48.3 Å². The van der Waals surface area contributed by atoms with E-state index in [0.29, 0.717) is 63.4 Å². The van der Waals surface area contributed by atoms with Crippen LogP contribution in [0.1, 0.15) is 138 Å². The molecule has 3 heterocycles. The Kier molecular flexibility index (Phi) is 29.7. The van der Waals surface area contributed by atoms with E-state index < -0.39 is 77.8 Å². The van der Waals surface area contributed by atoms with Crippen LogP contribution in [-0.2, 0) is 42.9 Å². The molecule has 1 unspecified atom stereocenters. The summed E-state index contributed by atoms with van der Waals surface area (Å²) in [5.74, 6) is -5.59. The number of aliphatic hydroxyl groups excluding tert-OH is 2. The number of halogens is 1. The molecule has 2 aromatic rings. The number of nitrogens with zero attached hydrogens (tertiary/aromatic N) is 1. The number of benzene rings is 2. The van der Waals surface area contributed by atoms with Crippen LogP contribution < -0.4 is 18.9 Å². The SMILES string of the molecule is CO[C@@H]1C[C@H](C[C@@H](C)C2CC(=O)[C@H](C)/C=C(\C)[C@@H](O)[C@@H](OC)C(=O)[C@H](C)C[C@H](C)/C=C/C=C/C=C(\C)[C@@H](C)C[C@@H]3CC[C@@H](C)[C@@](F)(O3)C(=O)C(=O)N3CCCC[C@H]3C(=O)O2)CC[C@H]1O.COc1ccc(C)c(OC)c1.COc1cccc(OC)c1. The molecule has 474 valence electrons. The van der Waals surface area contributed by atoms with Gasteiger partial charge in [-0.1, -0.05) is 95.7 Å². The summed E-state index contributed by atoms with van der Waals surface area (Å²) >= 11 is 0. The third-order valence-corrected chi connectivity index (χ3v) is 17.4. The number of alkyl halides is 1. The zero-order chi connectivity index (χ0) is 63.1. The fourth-order valence-corrected chi connectivity index (χ4v) is 11.7. The monoisotopic (exact) mass is 1190 g/mol. The second-order valence-corrected chi connectivity index (χ2v) is 23.9. The number of hydrogen-bond acceptors (Lipinski definition) is 15. The number of fused-ring (bicyclic) bond motifs is 3. The number of ketones is 3. The third kappa shape index (κ3) is 21.0. The first-order valence-electron chi connectivity index (χ1n) is 30.3. The number of cyclic esters (lactones) is 1. The van der Waals surface area contributed by atoms with Crippen LogP contribution in [-0.4, -0.2) is 142 Å². The average molecular weight is 1190 g/mol. The Labute approximate surface area is 505 Å². The van der Waals surface area contributed by atoms with E-state index in [1.54, 1.807) is 62.4 Å². The van der Waals surface area contributed by atoms with E-state index in [1.165, 1.54) is 7.11 Å². The Balaban J connectivity index is 0.000000611. The van der Waals surface area contributed by atoms with Crippen molar-refractivity contribution in [2.45, 2.75) is 188 Å². The van der Waals surface area contributed by atoms with Crippen LogP contribution in [0.4, 0.5) is 4.39 Å². The molecule has 1 amide bonds. The van der Waals surface area contributed by atoms with Gasteiger partial charge in [0.1, 0.15) is 53.1 Å². The van der Waals surface area contributed by atoms with Crippen molar-refractivity contribution in [3.8, 4) is 23.0 Å². The summed E-state index contributed by atoms with van der Waals surface area (Å²) in [6.45, 7) is 16.7. The van der Waals surface area contributed by atoms with Gasteiger partial charge in [0.05, 0.1) is 46.8 Å². The number of rotatable bonds is 9. The van der Waals surface area contributed by atoms with Crippen molar-refractivity contribution < 1.29 is 76.5 Å². The summed E-state index contributed by atoms with van der Waals surface area (Å²) in [5, 5.41) is 21.9. The summed E-state index contributed by atoms with van der Waals surface area (Å²) in [5.41, 5.74) is 2.53. The maximum atomic E-state index is 17.0. The van der Waals surface area contributed by atoms with Gasteiger partial charge in [-0.05, 0) is 144 Å². The summed E-state index contributed by atoms with van der Waals surface area (Å²) in [6.07, 6.45) is 11.7. The Bertz CT molecular complexity index is 2580. The van der Waals surface area contributed by atoms with Crippen molar-refractivity contribution in [2.75, 3.05) is 49.2 Å². The van der Waals surface area contributed by atoms with E-state index in [1.807, 2.05) is 114 Å². The minimum atomic E-state index is -2.87. The van der Waals surface area contributed by atoms with Gasteiger partial charge in [-0.15, -0.1) is 0 Å². The van der Waals surface area contributed by atoms with Crippen molar-refractivity contribution in [3.05, 3.63) is 95.6 Å². The molecule has 1 aliphatic carbocycles. The fourth-order valence-electron chi connectivity index (χ4n) is 11.7. The van der Waals surface area contributed by atoms with Crippen LogP contribution >= 0.6 is 0 Å². The first-order chi connectivity index (χ1) is 40.3. The largest absolute Gasteiger partial charge is 0.497 e. The van der Waals surface area contributed by atoms with Gasteiger partial charge in [0, 0.05) is 57.1 Å². The summed E-state index contributed by atoms with van der Waals surface area (Å²) in [6, 6.07) is 12.1. The highest BCUT2D eigenvalue weighted by atomic mass is 19.2. The highest BCUT2D eigenvalue weighted by Crippen LogP contribution is 2.40. The Morgan fingerprint density at radius 2 is 1.40 bits per heavy atom. The molecule has 3 fully saturated rings. The molecule has 2 saturated heterocycles. The number of aliphatic hydroxyl groups is 2. The topological polar surface area (TPSA) is 203 Å². The van der Waals surface area contributed by atoms with Crippen LogP contribution in [0.5, 0.6) is 23.0 Å². The van der Waals surface area contributed by atoms with Crippen molar-refractivity contribution >= 4 is 29.2 Å². The number of Topliss-reactive ketones (excluding diaryl/α,β-unsaturated/α-hetero) is 3. The maximum absolute atomic E-state index is 17.0. The van der Waals surface area contributed by atoms with Crippen molar-refractivity contribution in [1.82, 2.24) is 4.90 Å². The normalized spacial score (nSPS) is 33.0. The molecule has 85 heavy (non-hydrogen) atoms. The van der Waals surface area contributed by atoms with Crippen LogP contribution in [0.25, 0.3) is 0 Å². The van der Waals surface area contributed by atoms with Gasteiger partial charge in [-0.2, -0.15) is 0 Å². The van der Waals surface area contributed by atoms with Gasteiger partial charge in [0.15, 0.2) is 5.78 Å². The van der Waals surface area contributed by atoms with Crippen molar-refractivity contribution in [3.63, 3.8) is 0 Å². The number of piperidine rings is 1. The Morgan fingerprint density at radius 3 is 2.04 bits per heavy atom. The molecule has 0 spiro atoms. The van der Waals surface area contributed by atoms with Crippen molar-refractivity contribution in [2.24, 2.45) is 41.4 Å². The Morgan fingerprint density at radius 1 is 0.729 bits per heavy atom. The lowest BCUT2D eigenvalue weighted by molar-refractivity contribution is -0.230. The van der Waals surface area contributed by atoms with Crippen LogP contribution in [0.2, 0.25) is 0 Å². The minimum Gasteiger partial charge on any atom is -0.497 e. The number of methoxy groups -OCH3 is 6. The lowest BCUT2D eigenvalue weighted by Crippen LogP contribution is -2.59. The Hall–Kier alpha value is -5.72. The first kappa shape index (κ1) is 71.8. The van der Waals surface area contributed by atoms with E-state index in [0.717, 1.165) is 45.5 Å². The molecule has 15 atom stereocenters. The quantitative estimate of drug-likeness (QED) is 0.136. The molecular weight excluding hydrogens is 1090 g/mol. The molecule has 0 aromatic heterocycles. The zero-order valence-electron chi connectivity index (χ0n) is 53.3. The number of amides is 1. The molecule has 6 rings (SSSR count). The molecule has 0 radical (unpaired) electrons. The number of aryl methyl sites for hydroxylation is 1. The highest BCUT2D eigenvalue weighted by Gasteiger charge is 2.55. The number of esters is 1. The maximum Gasteiger partial charge on any atom is 0.329 e. The zero-order valence-corrected chi connectivity index (χ0v) is 53.3. The number of allylic oxidation sites excluding steroid dienone is 7. The molecule has 2 N–H and O–H groups in total. The van der Waals surface area contributed by atoms with E-state index >= 15 is 4.39 Å². The second kappa shape index (κ2) is 35.2. The van der Waals surface area contributed by atoms with Gasteiger partial charge in [0.2, 0.25) is 0 Å². The van der Waals surface area contributed by atoms with E-state index in [4.69, 9.17) is 37.9 Å². The fraction of sp³-hybridized carbons (Fsp3) is 0.632. The lowest BCUT2D eigenvalue weighted by atomic mass is 9.78. The summed E-state index contributed by atoms with van der Waals surface area (Å²) in [4.78, 5) is 71.3. The van der Waals surface area contributed by atoms with Gasteiger partial charge >= 0.3 is 5.97 Å². The molecule has 4 aliphatic rings. The van der Waals surface area contributed by atoms with Crippen molar-refractivity contribution in [1.29, 1.82) is 0 Å². The lowest BCUT2D eigenvalue weighted by Gasteiger charge is -2.41. The van der Waals surface area contributed by atoms with Gasteiger partial charge < -0.3 is 53.0 Å². The van der Waals surface area contributed by atoms with Gasteiger partial charge in [-0.25, -0.2) is 9.18 Å². The summed E-state index contributed by atoms with van der Waals surface area (Å²) in [7, 11) is 9.51. The smallest absolute Gasteiger partial charge is 0.329 e. The molecule has 17 heteroatoms. The predicted octanol–water partition coefficient (Wildman–Crippen LogP) is 11.5. The summed E-state index contributed by atoms with van der Waals surface area (Å²) < 4.78 is 60.4. The third-order valence-electron chi connectivity index (χ3n) is 17.4. The minimum absolute atomic E-state index is 0.0240. The second-order valence-electron chi connectivity index (χ2n) is 23.9. The standard InChI is InChI=1S/C51H78FNO11.C9H12O2.C8H10O2/c1-30-16-12-11-13-17-31(2)32(3)27-39-21-19-37(8)51(52,64-39)48(58)49(59)53-23-15-14-18-40(53)50(60)63-43(34(5)26-38-20-22-41(54)44(28-38)61-9)29-42(55)33(4)25-36(7)46(57)47(62-10)45(56)35(6)24-30;1-7-4-5-8(10-2)6-9(7)11-3;1-9-7-4-3-5-8(6-7)10-2/h11-13,16-17,25,30,32-35,37-41,43-44,46-47,54,57H,14-15,18-24,26-29H2,1-10H3;4-6H,1-3H3;3-6H,1-2H3/b13-11+,16-12+,31-17+,36-25+;;/t30-,32+,33-,34-,35-,37-,38+,39+,40+,41-,43?,44-,46-,47+,51-;;/m1../s1. The molecule has 16 nitrogen and oxygen atoms in total. The van der Waals surface area contributed by atoms with Gasteiger partial charge in [0.25, 0.3) is 17.5 Å². The first-order valence-corrected chi connectivity index (χ1v) is 30.3. The molecule has 2 bridgehead atoms. The van der Waals surface area contributed by atoms with Crippen LogP contribution in [0.15, 0.2) is 90.1 Å². The van der Waals surface area contributed by atoms with Crippen LogP contribution in [0.3, 0.4) is 0 Å². The highest BCUT2D eigenvalue weighted by molar-refractivity contribution is 6.39. The predicted molar refractivity (Wildman–Crippen MR) is 326 cm³/mol. The van der Waals surface area contributed by atoms with Gasteiger partial charge in [-0.3, -0.25) is 19.2 Å². The van der Waals surface area contributed by atoms with E-state index in [9.17, 15) is 34.2 Å².